The van der Waals surface area contributed by atoms with Crippen LogP contribution in [-0.2, 0) is 4.79 Å². The Labute approximate surface area is 63.3 Å². The zero-order valence-electron chi connectivity index (χ0n) is 6.33. The van der Waals surface area contributed by atoms with E-state index >= 15 is 0 Å². The van der Waals surface area contributed by atoms with Gasteiger partial charge >= 0.3 is 5.97 Å². The highest BCUT2D eigenvalue weighted by molar-refractivity contribution is 6.05. The molecule has 2 N–H and O–H groups in total. The lowest BCUT2D eigenvalue weighted by molar-refractivity contribution is -0.143. The third kappa shape index (κ3) is 1.89. The van der Waals surface area contributed by atoms with Crippen molar-refractivity contribution >= 4 is 11.7 Å². The molecule has 0 aliphatic carbocycles. The van der Waals surface area contributed by atoms with Gasteiger partial charge in [-0.05, 0) is 13.8 Å². The first-order valence-electron chi connectivity index (χ1n) is 2.97. The van der Waals surface area contributed by atoms with Crippen LogP contribution in [0.25, 0.3) is 0 Å². The van der Waals surface area contributed by atoms with Crippen LogP contribution in [0.4, 0.5) is 4.39 Å². The van der Waals surface area contributed by atoms with Crippen LogP contribution in [-0.4, -0.2) is 28.7 Å². The summed E-state index contributed by atoms with van der Waals surface area (Å²) < 4.78 is 12.0. The second kappa shape index (κ2) is 3.32. The van der Waals surface area contributed by atoms with Crippen molar-refractivity contribution in [3.8, 4) is 0 Å². The van der Waals surface area contributed by atoms with Gasteiger partial charge in [0, 0.05) is 0 Å². The van der Waals surface area contributed by atoms with Gasteiger partial charge in [0.1, 0.15) is 17.8 Å². The van der Waals surface area contributed by atoms with Crippen LogP contribution >= 0.6 is 0 Å². The summed E-state index contributed by atoms with van der Waals surface area (Å²) in [6.07, 6.45) is 0. The number of carbonyl (C=O) groups is 1. The molecule has 0 unspecified atom stereocenters. The third-order valence-corrected chi connectivity index (χ3v) is 1.50. The molecule has 4 nitrogen and oxygen atoms in total. The molecule has 0 heterocycles. The van der Waals surface area contributed by atoms with E-state index in [1.807, 2.05) is 0 Å². The molecule has 0 saturated carbocycles. The van der Waals surface area contributed by atoms with Crippen LogP contribution in [0.15, 0.2) is 5.16 Å². The Kier molecular flexibility index (Phi) is 2.98. The van der Waals surface area contributed by atoms with Gasteiger partial charge in [0.05, 0.1) is 0 Å². The van der Waals surface area contributed by atoms with Gasteiger partial charge in [-0.2, -0.15) is 0 Å². The van der Waals surface area contributed by atoms with E-state index in [-0.39, 0.29) is 5.71 Å². The van der Waals surface area contributed by atoms with Gasteiger partial charge in [-0.15, -0.1) is 0 Å². The third-order valence-electron chi connectivity index (χ3n) is 1.50. The maximum absolute atomic E-state index is 12.0. The second-order valence-electron chi connectivity index (χ2n) is 2.61. The van der Waals surface area contributed by atoms with Gasteiger partial charge in [0.25, 0.3) is 0 Å². The summed E-state index contributed by atoms with van der Waals surface area (Å²) in [7, 11) is 0. The summed E-state index contributed by atoms with van der Waals surface area (Å²) in [6, 6.07) is 0. The molecule has 0 aliphatic rings. The molecule has 0 aromatic heterocycles. The van der Waals surface area contributed by atoms with Crippen molar-refractivity contribution in [2.45, 2.75) is 13.8 Å². The highest BCUT2D eigenvalue weighted by Crippen LogP contribution is 2.17. The molecule has 0 rings (SSSR count). The molecule has 0 spiro atoms. The standard InChI is InChI=1S/C6H10FNO3/c1-6(2,5(9)10)4(3-7)8-11/h11H,3H2,1-2H3,(H,9,10)/b8-4+. The summed E-state index contributed by atoms with van der Waals surface area (Å²) >= 11 is 0. The SMILES string of the molecule is CC(C)(C(=O)O)/C(CF)=N/O. The van der Waals surface area contributed by atoms with Gasteiger partial charge in [-0.25, -0.2) is 4.39 Å². The number of hydrogen-bond donors (Lipinski definition) is 2. The van der Waals surface area contributed by atoms with Gasteiger partial charge in [-0.3, -0.25) is 4.79 Å². The lowest BCUT2D eigenvalue weighted by atomic mass is 9.88. The minimum absolute atomic E-state index is 0.384. The van der Waals surface area contributed by atoms with Gasteiger partial charge < -0.3 is 10.3 Å². The summed E-state index contributed by atoms with van der Waals surface area (Å²) in [5.41, 5.74) is -1.83. The van der Waals surface area contributed by atoms with Crippen LogP contribution < -0.4 is 0 Å². The molecule has 0 aromatic carbocycles. The number of alkyl halides is 1. The van der Waals surface area contributed by atoms with E-state index in [1.165, 1.54) is 13.8 Å². The van der Waals surface area contributed by atoms with Crippen molar-refractivity contribution in [1.82, 2.24) is 0 Å². The predicted molar refractivity (Wildman–Crippen MR) is 36.6 cm³/mol. The number of carboxylic acid groups (broad SMARTS) is 1. The van der Waals surface area contributed by atoms with E-state index in [0.29, 0.717) is 0 Å². The van der Waals surface area contributed by atoms with Crippen molar-refractivity contribution in [2.24, 2.45) is 10.6 Å². The molecule has 0 bridgehead atoms. The maximum atomic E-state index is 12.0. The number of rotatable bonds is 3. The average molecular weight is 163 g/mol. The van der Waals surface area contributed by atoms with Crippen LogP contribution in [0.3, 0.4) is 0 Å². The topological polar surface area (TPSA) is 69.9 Å². The maximum Gasteiger partial charge on any atom is 0.315 e. The summed E-state index contributed by atoms with van der Waals surface area (Å²) in [5, 5.41) is 19.3. The van der Waals surface area contributed by atoms with E-state index in [2.05, 4.69) is 5.16 Å². The number of oxime groups is 1. The summed E-state index contributed by atoms with van der Waals surface area (Å²) in [4.78, 5) is 10.4. The number of halogens is 1. The molecule has 0 saturated heterocycles. The Bertz CT molecular complexity index is 188. The van der Waals surface area contributed by atoms with Gasteiger partial charge in [0.15, 0.2) is 0 Å². The van der Waals surface area contributed by atoms with Crippen LogP contribution in [0.5, 0.6) is 0 Å². The van der Waals surface area contributed by atoms with Crippen LogP contribution in [0.2, 0.25) is 0 Å². The quantitative estimate of drug-likeness (QED) is 0.369. The Balaban J connectivity index is 4.66. The lowest BCUT2D eigenvalue weighted by Crippen LogP contribution is -2.34. The fourth-order valence-corrected chi connectivity index (χ4v) is 0.442. The van der Waals surface area contributed by atoms with E-state index in [4.69, 9.17) is 10.3 Å². The highest BCUT2D eigenvalue weighted by atomic mass is 19.1. The molecule has 0 fully saturated rings. The van der Waals surface area contributed by atoms with Crippen LogP contribution in [0.1, 0.15) is 13.8 Å². The van der Waals surface area contributed by atoms with Gasteiger partial charge in [0.2, 0.25) is 0 Å². The van der Waals surface area contributed by atoms with Crippen molar-refractivity contribution in [2.75, 3.05) is 6.67 Å². The van der Waals surface area contributed by atoms with Crippen molar-refractivity contribution in [1.29, 1.82) is 0 Å². The zero-order chi connectivity index (χ0) is 9.07. The smallest absolute Gasteiger partial charge is 0.315 e. The first-order chi connectivity index (χ1) is 4.96. The van der Waals surface area contributed by atoms with Crippen molar-refractivity contribution < 1.29 is 19.5 Å². The fourth-order valence-electron chi connectivity index (χ4n) is 0.442. The molecule has 0 aliphatic heterocycles. The zero-order valence-corrected chi connectivity index (χ0v) is 6.33. The van der Waals surface area contributed by atoms with Crippen LogP contribution in [0, 0.1) is 5.41 Å². The Morgan fingerprint density at radius 2 is 2.09 bits per heavy atom. The second-order valence-corrected chi connectivity index (χ2v) is 2.61. The molecule has 64 valence electrons. The van der Waals surface area contributed by atoms with E-state index in [1.54, 1.807) is 0 Å². The molecule has 0 radical (unpaired) electrons. The Hall–Kier alpha value is -1.13. The largest absolute Gasteiger partial charge is 0.481 e. The van der Waals surface area contributed by atoms with Crippen molar-refractivity contribution in [3.05, 3.63) is 0 Å². The summed E-state index contributed by atoms with van der Waals surface area (Å²) in [5.74, 6) is -1.22. The molecule has 0 amide bonds. The molecule has 0 aromatic rings. The number of aliphatic carboxylic acids is 1. The van der Waals surface area contributed by atoms with E-state index in [0.717, 1.165) is 0 Å². The van der Waals surface area contributed by atoms with E-state index in [9.17, 15) is 9.18 Å². The summed E-state index contributed by atoms with van der Waals surface area (Å²) in [6.45, 7) is 1.48. The first kappa shape index (κ1) is 9.87. The average Bonchev–Trinajstić information content (AvgIpc) is 1.89. The minimum Gasteiger partial charge on any atom is -0.481 e. The lowest BCUT2D eigenvalue weighted by Gasteiger charge is -2.17. The van der Waals surface area contributed by atoms with E-state index < -0.39 is 18.1 Å². The Morgan fingerprint density at radius 1 is 1.64 bits per heavy atom. The van der Waals surface area contributed by atoms with Crippen molar-refractivity contribution in [3.63, 3.8) is 0 Å². The predicted octanol–water partition coefficient (Wildman–Crippen LogP) is 0.897. The minimum atomic E-state index is -1.44. The number of hydrogen-bond acceptors (Lipinski definition) is 3. The molecule has 5 heteroatoms. The molecule has 11 heavy (non-hydrogen) atoms. The monoisotopic (exact) mass is 163 g/mol. The number of carboxylic acids is 1. The molecular weight excluding hydrogens is 153 g/mol. The first-order valence-corrected chi connectivity index (χ1v) is 2.97. The molecule has 0 atom stereocenters. The fraction of sp³-hybridized carbons (Fsp3) is 0.667. The highest BCUT2D eigenvalue weighted by Gasteiger charge is 2.33. The molecular formula is C6H10FNO3. The Morgan fingerprint density at radius 3 is 2.18 bits per heavy atom. The van der Waals surface area contributed by atoms with Gasteiger partial charge in [-0.1, -0.05) is 5.16 Å². The normalized spacial score (nSPS) is 13.2. The number of nitrogens with zero attached hydrogens (tertiary/aromatic N) is 1.